The lowest BCUT2D eigenvalue weighted by atomic mass is 10.1. The average molecular weight is 270 g/mol. The first kappa shape index (κ1) is 14.1. The minimum absolute atomic E-state index is 0.245. The molecule has 0 bridgehead atoms. The summed E-state index contributed by atoms with van der Waals surface area (Å²) in [7, 11) is 1.83. The minimum atomic E-state index is -0.956. The Morgan fingerprint density at radius 1 is 1.25 bits per heavy atom. The van der Waals surface area contributed by atoms with Crippen molar-refractivity contribution in [2.75, 3.05) is 11.9 Å². The summed E-state index contributed by atoms with van der Waals surface area (Å²) >= 11 is 0. The number of pyridine rings is 1. The molecule has 1 aromatic heterocycles. The van der Waals surface area contributed by atoms with Crippen LogP contribution >= 0.6 is 0 Å². The zero-order chi connectivity index (χ0) is 14.7. The van der Waals surface area contributed by atoms with Crippen molar-refractivity contribution in [3.05, 3.63) is 53.2 Å². The molecule has 0 radical (unpaired) electrons. The molecule has 1 N–H and O–H groups in total. The van der Waals surface area contributed by atoms with Crippen LogP contribution in [0.3, 0.4) is 0 Å². The number of hydrogen-bond donors (Lipinski definition) is 1. The predicted molar refractivity (Wildman–Crippen MR) is 79.8 cm³/mol. The van der Waals surface area contributed by atoms with Gasteiger partial charge in [-0.1, -0.05) is 19.1 Å². The van der Waals surface area contributed by atoms with E-state index in [-0.39, 0.29) is 5.56 Å². The number of anilines is 2. The van der Waals surface area contributed by atoms with Gasteiger partial charge in [0, 0.05) is 18.9 Å². The maximum atomic E-state index is 11.4. The molecule has 0 amide bonds. The van der Waals surface area contributed by atoms with Gasteiger partial charge in [0.15, 0.2) is 0 Å². The maximum Gasteiger partial charge on any atom is 0.339 e. The Morgan fingerprint density at radius 3 is 2.45 bits per heavy atom. The van der Waals surface area contributed by atoms with E-state index >= 15 is 0 Å². The van der Waals surface area contributed by atoms with Crippen molar-refractivity contribution in [3.63, 3.8) is 0 Å². The Morgan fingerprint density at radius 2 is 1.90 bits per heavy atom. The third-order valence-corrected chi connectivity index (χ3v) is 3.40. The number of carbonyl (C=O) groups is 1. The molecular weight excluding hydrogens is 252 g/mol. The fourth-order valence-electron chi connectivity index (χ4n) is 2.14. The maximum absolute atomic E-state index is 11.4. The second kappa shape index (κ2) is 5.74. The van der Waals surface area contributed by atoms with Crippen molar-refractivity contribution in [1.82, 2.24) is 4.98 Å². The first-order chi connectivity index (χ1) is 9.54. The summed E-state index contributed by atoms with van der Waals surface area (Å²) < 4.78 is 0. The number of aromatic nitrogens is 1. The van der Waals surface area contributed by atoms with Gasteiger partial charge in [0.2, 0.25) is 0 Å². The van der Waals surface area contributed by atoms with Crippen molar-refractivity contribution in [1.29, 1.82) is 0 Å². The molecular formula is C16H18N2O2. The van der Waals surface area contributed by atoms with Gasteiger partial charge in [-0.15, -0.1) is 0 Å². The van der Waals surface area contributed by atoms with Gasteiger partial charge in [-0.05, 0) is 42.7 Å². The zero-order valence-corrected chi connectivity index (χ0v) is 11.9. The van der Waals surface area contributed by atoms with Crippen LogP contribution in [0.4, 0.5) is 11.5 Å². The largest absolute Gasteiger partial charge is 0.478 e. The van der Waals surface area contributed by atoms with Crippen LogP contribution < -0.4 is 4.90 Å². The van der Waals surface area contributed by atoms with E-state index in [0.717, 1.165) is 12.1 Å². The summed E-state index contributed by atoms with van der Waals surface area (Å²) in [5.74, 6) is -0.496. The molecule has 4 heteroatoms. The molecule has 0 aliphatic heterocycles. The van der Waals surface area contributed by atoms with E-state index in [1.165, 1.54) is 5.56 Å². The number of hydrogen-bond acceptors (Lipinski definition) is 3. The second-order valence-corrected chi connectivity index (χ2v) is 4.71. The van der Waals surface area contributed by atoms with Gasteiger partial charge in [0.25, 0.3) is 0 Å². The molecule has 0 aliphatic carbocycles. The Hall–Kier alpha value is -2.36. The lowest BCUT2D eigenvalue weighted by molar-refractivity contribution is 0.0696. The van der Waals surface area contributed by atoms with Gasteiger partial charge in [-0.3, -0.25) is 0 Å². The molecule has 1 heterocycles. The predicted octanol–water partition coefficient (Wildman–Crippen LogP) is 3.42. The summed E-state index contributed by atoms with van der Waals surface area (Å²) in [6.45, 7) is 3.88. The average Bonchev–Trinajstić information content (AvgIpc) is 2.46. The molecule has 104 valence electrons. The SMILES string of the molecule is CCc1ccc(N(C)c2nccc(C)c2C(=O)O)cc1. The normalized spacial score (nSPS) is 10.3. The first-order valence-electron chi connectivity index (χ1n) is 6.56. The van der Waals surface area contributed by atoms with Crippen molar-refractivity contribution in [2.24, 2.45) is 0 Å². The molecule has 0 atom stereocenters. The van der Waals surface area contributed by atoms with Crippen LogP contribution in [0, 0.1) is 6.92 Å². The molecule has 0 saturated heterocycles. The van der Waals surface area contributed by atoms with Gasteiger partial charge < -0.3 is 10.0 Å². The minimum Gasteiger partial charge on any atom is -0.478 e. The van der Waals surface area contributed by atoms with Crippen LogP contribution in [0.15, 0.2) is 36.5 Å². The highest BCUT2D eigenvalue weighted by molar-refractivity contribution is 5.95. The summed E-state index contributed by atoms with van der Waals surface area (Å²) in [6.07, 6.45) is 2.61. The van der Waals surface area contributed by atoms with E-state index in [1.807, 2.05) is 31.3 Å². The molecule has 20 heavy (non-hydrogen) atoms. The number of rotatable bonds is 4. The number of benzene rings is 1. The van der Waals surface area contributed by atoms with Gasteiger partial charge in [0.1, 0.15) is 11.4 Å². The number of aromatic carboxylic acids is 1. The smallest absolute Gasteiger partial charge is 0.339 e. The second-order valence-electron chi connectivity index (χ2n) is 4.71. The summed E-state index contributed by atoms with van der Waals surface area (Å²) in [6, 6.07) is 9.76. The lowest BCUT2D eigenvalue weighted by Gasteiger charge is -2.21. The fraction of sp³-hybridized carbons (Fsp3) is 0.250. The van der Waals surface area contributed by atoms with Crippen LogP contribution in [0.2, 0.25) is 0 Å². The summed E-state index contributed by atoms with van der Waals surface area (Å²) in [4.78, 5) is 17.4. The Bertz CT molecular complexity index is 621. The monoisotopic (exact) mass is 270 g/mol. The highest BCUT2D eigenvalue weighted by Gasteiger charge is 2.18. The highest BCUT2D eigenvalue weighted by atomic mass is 16.4. The van der Waals surface area contributed by atoms with Gasteiger partial charge in [-0.2, -0.15) is 0 Å². The Labute approximate surface area is 118 Å². The van der Waals surface area contributed by atoms with Crippen molar-refractivity contribution in [3.8, 4) is 0 Å². The van der Waals surface area contributed by atoms with Gasteiger partial charge >= 0.3 is 5.97 Å². The zero-order valence-electron chi connectivity index (χ0n) is 11.9. The highest BCUT2D eigenvalue weighted by Crippen LogP contribution is 2.27. The molecule has 0 fully saturated rings. The van der Waals surface area contributed by atoms with E-state index in [1.54, 1.807) is 24.1 Å². The third kappa shape index (κ3) is 2.64. The van der Waals surface area contributed by atoms with E-state index in [2.05, 4.69) is 11.9 Å². The first-order valence-corrected chi connectivity index (χ1v) is 6.56. The van der Waals surface area contributed by atoms with Crippen LogP contribution in [-0.2, 0) is 6.42 Å². The number of nitrogens with zero attached hydrogens (tertiary/aromatic N) is 2. The van der Waals surface area contributed by atoms with E-state index < -0.39 is 5.97 Å². The Balaban J connectivity index is 2.44. The van der Waals surface area contributed by atoms with Crippen molar-refractivity contribution in [2.45, 2.75) is 20.3 Å². The third-order valence-electron chi connectivity index (χ3n) is 3.40. The number of aryl methyl sites for hydroxylation is 2. The van der Waals surface area contributed by atoms with Crippen LogP contribution in [0.1, 0.15) is 28.4 Å². The summed E-state index contributed by atoms with van der Waals surface area (Å²) in [5.41, 5.74) is 3.12. The van der Waals surface area contributed by atoms with Crippen LogP contribution in [-0.4, -0.2) is 23.1 Å². The lowest BCUT2D eigenvalue weighted by Crippen LogP contribution is -2.16. The molecule has 2 rings (SSSR count). The molecule has 0 spiro atoms. The van der Waals surface area contributed by atoms with E-state index in [0.29, 0.717) is 11.4 Å². The van der Waals surface area contributed by atoms with E-state index in [4.69, 9.17) is 0 Å². The topological polar surface area (TPSA) is 53.4 Å². The summed E-state index contributed by atoms with van der Waals surface area (Å²) in [5, 5.41) is 9.36. The van der Waals surface area contributed by atoms with Crippen LogP contribution in [0.5, 0.6) is 0 Å². The van der Waals surface area contributed by atoms with Crippen LogP contribution in [0.25, 0.3) is 0 Å². The molecule has 0 aliphatic rings. The number of carboxylic acid groups (broad SMARTS) is 1. The fourth-order valence-corrected chi connectivity index (χ4v) is 2.14. The molecule has 0 saturated carbocycles. The van der Waals surface area contributed by atoms with Gasteiger partial charge in [-0.25, -0.2) is 9.78 Å². The standard InChI is InChI=1S/C16H18N2O2/c1-4-12-5-7-13(8-6-12)18(3)15-14(16(19)20)11(2)9-10-17-15/h5-10H,4H2,1-3H3,(H,19,20). The Kier molecular flexibility index (Phi) is 4.03. The molecule has 1 aromatic carbocycles. The van der Waals surface area contributed by atoms with Gasteiger partial charge in [0.05, 0.1) is 0 Å². The van der Waals surface area contributed by atoms with Crippen molar-refractivity contribution >= 4 is 17.5 Å². The quantitative estimate of drug-likeness (QED) is 0.925. The number of carboxylic acids is 1. The van der Waals surface area contributed by atoms with E-state index in [9.17, 15) is 9.90 Å². The molecule has 2 aromatic rings. The molecule has 0 unspecified atom stereocenters. The van der Waals surface area contributed by atoms with Crippen molar-refractivity contribution < 1.29 is 9.90 Å². The molecule has 4 nitrogen and oxygen atoms in total.